The van der Waals surface area contributed by atoms with E-state index < -0.39 is 18.0 Å². The minimum atomic E-state index is -1.68. The molecule has 0 bridgehead atoms. The van der Waals surface area contributed by atoms with Crippen molar-refractivity contribution in [3.05, 3.63) is 54.6 Å². The molecule has 38 heavy (non-hydrogen) atoms. The Morgan fingerprint density at radius 1 is 0.684 bits per heavy atom. The number of hydrogen-bond donors (Lipinski definition) is 3. The van der Waals surface area contributed by atoms with E-state index in [0.29, 0.717) is 17.8 Å². The second-order valence-corrected chi connectivity index (χ2v) is 9.76. The van der Waals surface area contributed by atoms with E-state index in [1.54, 1.807) is 54.6 Å². The molecule has 7 heteroatoms. The fraction of sp³-hybridized carbons (Fsp3) is 0.516. The van der Waals surface area contributed by atoms with Gasteiger partial charge in [-0.1, -0.05) is 102 Å². The van der Waals surface area contributed by atoms with E-state index in [-0.39, 0.29) is 11.7 Å². The molecule has 0 saturated carbocycles. The first-order valence-corrected chi connectivity index (χ1v) is 14.1. The highest BCUT2D eigenvalue weighted by Gasteiger charge is 2.28. The molecule has 1 unspecified atom stereocenters. The van der Waals surface area contributed by atoms with Crippen molar-refractivity contribution in [2.24, 2.45) is 0 Å². The molecule has 2 aromatic rings. The molecule has 2 rings (SSSR count). The number of carbonyl (C=O) groups excluding carboxylic acids is 2. The summed E-state index contributed by atoms with van der Waals surface area (Å²) in [6.45, 7) is 2.25. The number of unbranched alkanes of at least 4 members (excludes halogenated alkanes) is 12. The smallest absolute Gasteiger partial charge is 0.354 e. The van der Waals surface area contributed by atoms with Crippen LogP contribution in [0.25, 0.3) is 0 Å². The van der Waals surface area contributed by atoms with Gasteiger partial charge in [0.15, 0.2) is 0 Å². The molecular weight excluding hydrogens is 480 g/mol. The summed E-state index contributed by atoms with van der Waals surface area (Å²) in [4.78, 5) is 36.2. The van der Waals surface area contributed by atoms with Crippen molar-refractivity contribution in [1.82, 2.24) is 0 Å². The van der Waals surface area contributed by atoms with Crippen LogP contribution in [-0.4, -0.2) is 29.0 Å². The van der Waals surface area contributed by atoms with Crippen LogP contribution in [0.3, 0.4) is 0 Å². The maximum atomic E-state index is 12.4. The Morgan fingerprint density at radius 3 is 1.66 bits per heavy atom. The number of rotatable bonds is 20. The molecule has 0 aromatic heterocycles. The lowest BCUT2D eigenvalue weighted by Gasteiger charge is -2.15. The van der Waals surface area contributed by atoms with E-state index >= 15 is 0 Å². The Labute approximate surface area is 227 Å². The van der Waals surface area contributed by atoms with E-state index in [1.165, 1.54) is 70.6 Å². The monoisotopic (exact) mass is 524 g/mol. The van der Waals surface area contributed by atoms with E-state index in [1.807, 2.05) is 0 Å². The third-order valence-corrected chi connectivity index (χ3v) is 6.40. The molecule has 0 saturated heterocycles. The fourth-order valence-corrected chi connectivity index (χ4v) is 4.22. The van der Waals surface area contributed by atoms with Gasteiger partial charge >= 0.3 is 5.97 Å². The Balaban J connectivity index is 1.59. The number of carboxylic acid groups (broad SMARTS) is 1. The summed E-state index contributed by atoms with van der Waals surface area (Å²) in [7, 11) is 0. The summed E-state index contributed by atoms with van der Waals surface area (Å²) < 4.78 is 5.32. The number of carbonyl (C=O) groups is 3. The van der Waals surface area contributed by atoms with E-state index in [0.717, 1.165) is 12.8 Å². The van der Waals surface area contributed by atoms with Gasteiger partial charge in [0.25, 0.3) is 12.0 Å². The van der Waals surface area contributed by atoms with Gasteiger partial charge in [-0.15, -0.1) is 0 Å². The molecule has 2 amide bonds. The maximum Gasteiger partial charge on any atom is 0.354 e. The number of ether oxygens (including phenoxy) is 1. The zero-order valence-corrected chi connectivity index (χ0v) is 22.8. The van der Waals surface area contributed by atoms with Crippen molar-refractivity contribution in [1.29, 1.82) is 0 Å². The Hall–Kier alpha value is -3.35. The van der Waals surface area contributed by atoms with Crippen LogP contribution < -0.4 is 15.4 Å². The van der Waals surface area contributed by atoms with Crippen LogP contribution in [0.1, 0.15) is 96.8 Å². The molecule has 0 radical (unpaired) electrons. The standard InChI is InChI=1S/C31H44N2O5/c1-2-3-4-5-6-7-8-9-10-11-12-13-17-20-28(34)32-25-21-23-26(24-22-25)33-30(35)29(31(36)37)38-27-18-15-14-16-19-27/h14-16,18-19,21-24,29H,2-13,17,20H2,1H3,(H,32,34)(H,33,35)(H,36,37). The average Bonchev–Trinajstić information content (AvgIpc) is 2.91. The van der Waals surface area contributed by atoms with Crippen molar-refractivity contribution >= 4 is 29.2 Å². The quantitative estimate of drug-likeness (QED) is 0.122. The van der Waals surface area contributed by atoms with E-state index in [2.05, 4.69) is 17.6 Å². The second kappa shape index (κ2) is 18.8. The topological polar surface area (TPSA) is 105 Å². The lowest BCUT2D eigenvalue weighted by atomic mass is 10.0. The third-order valence-electron chi connectivity index (χ3n) is 6.40. The van der Waals surface area contributed by atoms with Gasteiger partial charge in [0.1, 0.15) is 5.75 Å². The molecule has 1 atom stereocenters. The molecule has 0 spiro atoms. The van der Waals surface area contributed by atoms with Crippen LogP contribution in [0.4, 0.5) is 11.4 Å². The first-order chi connectivity index (χ1) is 18.5. The average molecular weight is 525 g/mol. The first-order valence-electron chi connectivity index (χ1n) is 14.1. The summed E-state index contributed by atoms with van der Waals surface area (Å²) in [6, 6.07) is 14.9. The number of amides is 2. The van der Waals surface area contributed by atoms with Crippen molar-refractivity contribution < 1.29 is 24.2 Å². The number of nitrogens with one attached hydrogen (secondary N) is 2. The lowest BCUT2D eigenvalue weighted by Crippen LogP contribution is -2.39. The molecule has 0 heterocycles. The highest BCUT2D eigenvalue weighted by Crippen LogP contribution is 2.17. The van der Waals surface area contributed by atoms with Gasteiger partial charge in [0, 0.05) is 17.8 Å². The van der Waals surface area contributed by atoms with Crippen molar-refractivity contribution in [3.8, 4) is 5.75 Å². The predicted octanol–water partition coefficient (Wildman–Crippen LogP) is 7.58. The number of benzene rings is 2. The molecule has 2 aromatic carbocycles. The van der Waals surface area contributed by atoms with Gasteiger partial charge in [0.2, 0.25) is 5.91 Å². The molecular formula is C31H44N2O5. The second-order valence-electron chi connectivity index (χ2n) is 9.76. The molecule has 3 N–H and O–H groups in total. The number of hydrogen-bond acceptors (Lipinski definition) is 4. The summed E-state index contributed by atoms with van der Waals surface area (Å²) in [6.07, 6.45) is 15.3. The summed E-state index contributed by atoms with van der Waals surface area (Å²) in [5.41, 5.74) is 1.03. The van der Waals surface area contributed by atoms with Crippen LogP contribution in [0.5, 0.6) is 5.75 Å². The van der Waals surface area contributed by atoms with Crippen molar-refractivity contribution in [2.45, 2.75) is 103 Å². The van der Waals surface area contributed by atoms with Crippen LogP contribution in [-0.2, 0) is 14.4 Å². The Kier molecular flexibility index (Phi) is 15.3. The highest BCUT2D eigenvalue weighted by atomic mass is 16.5. The van der Waals surface area contributed by atoms with Gasteiger partial charge < -0.3 is 20.5 Å². The normalized spacial score (nSPS) is 11.5. The van der Waals surface area contributed by atoms with Crippen LogP contribution >= 0.6 is 0 Å². The zero-order valence-electron chi connectivity index (χ0n) is 22.8. The van der Waals surface area contributed by atoms with Gasteiger partial charge in [-0.3, -0.25) is 9.59 Å². The van der Waals surface area contributed by atoms with Gasteiger partial charge in [-0.05, 0) is 42.8 Å². The molecule has 0 aliphatic carbocycles. The summed E-state index contributed by atoms with van der Waals surface area (Å²) >= 11 is 0. The predicted molar refractivity (Wildman–Crippen MR) is 153 cm³/mol. The van der Waals surface area contributed by atoms with Crippen molar-refractivity contribution in [2.75, 3.05) is 10.6 Å². The van der Waals surface area contributed by atoms with E-state index in [9.17, 15) is 19.5 Å². The number of carboxylic acids is 1. The Morgan fingerprint density at radius 2 is 1.16 bits per heavy atom. The van der Waals surface area contributed by atoms with Crippen LogP contribution in [0.15, 0.2) is 54.6 Å². The number of para-hydroxylation sites is 1. The molecule has 0 aliphatic heterocycles. The molecule has 7 nitrogen and oxygen atoms in total. The van der Waals surface area contributed by atoms with Crippen molar-refractivity contribution in [3.63, 3.8) is 0 Å². The molecule has 208 valence electrons. The summed E-state index contributed by atoms with van der Waals surface area (Å²) in [5, 5.41) is 14.8. The summed E-state index contributed by atoms with van der Waals surface area (Å²) in [5.74, 6) is -1.92. The largest absolute Gasteiger partial charge is 0.478 e. The highest BCUT2D eigenvalue weighted by molar-refractivity contribution is 6.07. The minimum Gasteiger partial charge on any atom is -0.478 e. The molecule has 0 fully saturated rings. The zero-order chi connectivity index (χ0) is 27.4. The van der Waals surface area contributed by atoms with E-state index in [4.69, 9.17) is 4.74 Å². The van der Waals surface area contributed by atoms with Gasteiger partial charge in [-0.25, -0.2) is 4.79 Å². The molecule has 0 aliphatic rings. The minimum absolute atomic E-state index is 0.0351. The maximum absolute atomic E-state index is 12.4. The SMILES string of the molecule is CCCCCCCCCCCCCCCC(=O)Nc1ccc(NC(=O)C(Oc2ccccc2)C(=O)O)cc1. The van der Waals surface area contributed by atoms with Crippen LogP contribution in [0, 0.1) is 0 Å². The number of aliphatic carboxylic acids is 1. The lowest BCUT2D eigenvalue weighted by molar-refractivity contribution is -0.149. The Bertz CT molecular complexity index is 947. The van der Waals surface area contributed by atoms with Gasteiger partial charge in [-0.2, -0.15) is 0 Å². The fourth-order valence-electron chi connectivity index (χ4n) is 4.22. The third kappa shape index (κ3) is 13.3. The van der Waals surface area contributed by atoms with Gasteiger partial charge in [0.05, 0.1) is 0 Å². The first kappa shape index (κ1) is 30.9. The number of anilines is 2. The van der Waals surface area contributed by atoms with Crippen LogP contribution in [0.2, 0.25) is 0 Å².